The molecule has 20 heavy (non-hydrogen) atoms. The van der Waals surface area contributed by atoms with Crippen molar-refractivity contribution in [3.8, 4) is 0 Å². The second-order valence-corrected chi connectivity index (χ2v) is 6.42. The van der Waals surface area contributed by atoms with Gasteiger partial charge in [0.15, 0.2) is 0 Å². The summed E-state index contributed by atoms with van der Waals surface area (Å²) in [6.45, 7) is 8.29. The molecule has 0 spiro atoms. The third-order valence-electron chi connectivity index (χ3n) is 4.20. The highest BCUT2D eigenvalue weighted by Crippen LogP contribution is 2.30. The van der Waals surface area contributed by atoms with Crippen LogP contribution < -0.4 is 5.32 Å². The Morgan fingerprint density at radius 3 is 2.70 bits per heavy atom. The molecule has 2 nitrogen and oxygen atoms in total. The van der Waals surface area contributed by atoms with E-state index >= 15 is 0 Å². The van der Waals surface area contributed by atoms with E-state index in [0.717, 1.165) is 19.1 Å². The predicted octanol–water partition coefficient (Wildman–Crippen LogP) is 4.24. The van der Waals surface area contributed by atoms with E-state index in [-0.39, 0.29) is 6.10 Å². The van der Waals surface area contributed by atoms with Gasteiger partial charge in [0.05, 0.1) is 6.10 Å². The van der Waals surface area contributed by atoms with Crippen LogP contribution in [0.4, 0.5) is 0 Å². The lowest BCUT2D eigenvalue weighted by molar-refractivity contribution is 0.0361. The van der Waals surface area contributed by atoms with E-state index in [9.17, 15) is 0 Å². The summed E-state index contributed by atoms with van der Waals surface area (Å²) in [5.74, 6) is 0.922. The minimum absolute atomic E-state index is 0.178. The van der Waals surface area contributed by atoms with Gasteiger partial charge in [-0.05, 0) is 24.8 Å². The molecule has 0 aromatic heterocycles. The number of benzene rings is 1. The molecule has 0 heterocycles. The Bertz CT molecular complexity index is 398. The van der Waals surface area contributed by atoms with Crippen molar-refractivity contribution in [2.75, 3.05) is 13.2 Å². The van der Waals surface area contributed by atoms with Crippen LogP contribution in [-0.4, -0.2) is 19.2 Å². The number of aryl methyl sites for hydroxylation is 1. The Labute approximate surface area is 123 Å². The van der Waals surface area contributed by atoms with Gasteiger partial charge in [0, 0.05) is 19.2 Å². The van der Waals surface area contributed by atoms with Crippen LogP contribution in [0.25, 0.3) is 0 Å². The zero-order valence-electron chi connectivity index (χ0n) is 13.2. The van der Waals surface area contributed by atoms with Gasteiger partial charge in [-0.3, -0.25) is 0 Å². The van der Waals surface area contributed by atoms with Crippen LogP contribution in [0.5, 0.6) is 0 Å². The van der Waals surface area contributed by atoms with Gasteiger partial charge in [-0.25, -0.2) is 0 Å². The lowest BCUT2D eigenvalue weighted by Crippen LogP contribution is -2.29. The number of hydrogen-bond donors (Lipinski definition) is 1. The van der Waals surface area contributed by atoms with Crippen LogP contribution in [-0.2, 0) is 4.74 Å². The maximum absolute atomic E-state index is 6.18. The molecule has 0 radical (unpaired) electrons. The number of rotatable bonds is 8. The van der Waals surface area contributed by atoms with Crippen LogP contribution in [0.2, 0.25) is 0 Å². The highest BCUT2D eigenvalue weighted by Gasteiger charge is 2.18. The summed E-state index contributed by atoms with van der Waals surface area (Å²) in [6.07, 6.45) is 5.63. The topological polar surface area (TPSA) is 21.3 Å². The predicted molar refractivity (Wildman–Crippen MR) is 85.0 cm³/mol. The van der Waals surface area contributed by atoms with E-state index in [1.165, 1.54) is 36.8 Å². The quantitative estimate of drug-likeness (QED) is 0.766. The van der Waals surface area contributed by atoms with Crippen LogP contribution in [0, 0.1) is 12.8 Å². The maximum Gasteiger partial charge on any atom is 0.0949 e. The molecule has 1 atom stereocenters. The molecule has 1 unspecified atom stereocenters. The summed E-state index contributed by atoms with van der Waals surface area (Å²) >= 11 is 0. The fourth-order valence-corrected chi connectivity index (χ4v) is 2.64. The van der Waals surface area contributed by atoms with Gasteiger partial charge in [0.25, 0.3) is 0 Å². The molecule has 1 aliphatic rings. The van der Waals surface area contributed by atoms with Gasteiger partial charge in [-0.1, -0.05) is 62.9 Å². The first-order chi connectivity index (χ1) is 9.65. The van der Waals surface area contributed by atoms with Crippen molar-refractivity contribution < 1.29 is 4.74 Å². The Kier molecular flexibility index (Phi) is 6.06. The Balaban J connectivity index is 1.88. The highest BCUT2D eigenvalue weighted by atomic mass is 16.5. The maximum atomic E-state index is 6.18. The van der Waals surface area contributed by atoms with Gasteiger partial charge in [0.2, 0.25) is 0 Å². The zero-order valence-corrected chi connectivity index (χ0v) is 13.2. The normalized spacial score (nSPS) is 17.2. The Morgan fingerprint density at radius 1 is 1.30 bits per heavy atom. The number of hydrogen-bond acceptors (Lipinski definition) is 2. The summed E-state index contributed by atoms with van der Waals surface area (Å²) in [4.78, 5) is 0. The lowest BCUT2D eigenvalue weighted by Gasteiger charge is -2.27. The molecule has 0 saturated heterocycles. The van der Waals surface area contributed by atoms with Gasteiger partial charge >= 0.3 is 0 Å². The van der Waals surface area contributed by atoms with Crippen molar-refractivity contribution in [3.63, 3.8) is 0 Å². The van der Waals surface area contributed by atoms with E-state index in [4.69, 9.17) is 4.74 Å². The molecule has 112 valence electrons. The summed E-state index contributed by atoms with van der Waals surface area (Å²) in [7, 11) is 0. The third kappa shape index (κ3) is 4.92. The van der Waals surface area contributed by atoms with E-state index in [2.05, 4.69) is 50.4 Å². The first-order valence-electron chi connectivity index (χ1n) is 8.06. The molecule has 0 aliphatic heterocycles. The van der Waals surface area contributed by atoms with Crippen LogP contribution >= 0.6 is 0 Å². The molecule has 2 rings (SSSR count). The second kappa shape index (κ2) is 7.80. The molecular weight excluding hydrogens is 246 g/mol. The van der Waals surface area contributed by atoms with Gasteiger partial charge < -0.3 is 10.1 Å². The molecule has 0 amide bonds. The minimum atomic E-state index is 0.178. The van der Waals surface area contributed by atoms with Crippen molar-refractivity contribution in [2.24, 2.45) is 5.92 Å². The average molecular weight is 275 g/mol. The van der Waals surface area contributed by atoms with Gasteiger partial charge in [-0.15, -0.1) is 0 Å². The highest BCUT2D eigenvalue weighted by molar-refractivity contribution is 5.24. The third-order valence-corrected chi connectivity index (χ3v) is 4.20. The lowest BCUT2D eigenvalue weighted by atomic mass is 9.83. The van der Waals surface area contributed by atoms with Crippen LogP contribution in [0.3, 0.4) is 0 Å². The van der Waals surface area contributed by atoms with Crippen molar-refractivity contribution in [2.45, 2.75) is 58.6 Å². The van der Waals surface area contributed by atoms with Crippen LogP contribution in [0.1, 0.15) is 56.8 Å². The fraction of sp³-hybridized carbons (Fsp3) is 0.667. The molecule has 1 aromatic rings. The van der Waals surface area contributed by atoms with E-state index in [1.807, 2.05) is 0 Å². The first-order valence-corrected chi connectivity index (χ1v) is 8.06. The van der Waals surface area contributed by atoms with E-state index in [0.29, 0.717) is 6.04 Å². The number of nitrogens with one attached hydrogen (secondary N) is 1. The zero-order chi connectivity index (χ0) is 14.4. The largest absolute Gasteiger partial charge is 0.372 e. The SMILES string of the molecule is Cc1cccc(C(CNC(C)C)OCCC2CCC2)c1. The van der Waals surface area contributed by atoms with Crippen molar-refractivity contribution in [1.29, 1.82) is 0 Å². The molecule has 0 bridgehead atoms. The Hall–Kier alpha value is -0.860. The van der Waals surface area contributed by atoms with E-state index < -0.39 is 0 Å². The minimum Gasteiger partial charge on any atom is -0.372 e. The first kappa shape index (κ1) is 15.5. The molecule has 2 heteroatoms. The monoisotopic (exact) mass is 275 g/mol. The van der Waals surface area contributed by atoms with Crippen LogP contribution in [0.15, 0.2) is 24.3 Å². The van der Waals surface area contributed by atoms with Crippen molar-refractivity contribution in [1.82, 2.24) is 5.32 Å². The van der Waals surface area contributed by atoms with Crippen molar-refractivity contribution in [3.05, 3.63) is 35.4 Å². The fourth-order valence-electron chi connectivity index (χ4n) is 2.64. The number of ether oxygens (including phenoxy) is 1. The van der Waals surface area contributed by atoms with Gasteiger partial charge in [0.1, 0.15) is 0 Å². The molecule has 1 N–H and O–H groups in total. The molecule has 1 saturated carbocycles. The summed E-state index contributed by atoms with van der Waals surface area (Å²) in [5.41, 5.74) is 2.60. The smallest absolute Gasteiger partial charge is 0.0949 e. The summed E-state index contributed by atoms with van der Waals surface area (Å²) in [6, 6.07) is 9.20. The van der Waals surface area contributed by atoms with E-state index in [1.54, 1.807) is 0 Å². The second-order valence-electron chi connectivity index (χ2n) is 6.42. The van der Waals surface area contributed by atoms with Gasteiger partial charge in [-0.2, -0.15) is 0 Å². The molecule has 1 aliphatic carbocycles. The molecule has 1 aromatic carbocycles. The summed E-state index contributed by atoms with van der Waals surface area (Å²) < 4.78 is 6.18. The Morgan fingerprint density at radius 2 is 2.10 bits per heavy atom. The summed E-state index contributed by atoms with van der Waals surface area (Å²) in [5, 5.41) is 3.50. The molecular formula is C18H29NO. The van der Waals surface area contributed by atoms with Crippen molar-refractivity contribution >= 4 is 0 Å². The standard InChI is InChI=1S/C18H29NO/c1-14(2)19-13-18(17-9-4-6-15(3)12-17)20-11-10-16-7-5-8-16/h4,6,9,12,14,16,18-19H,5,7-8,10-11,13H2,1-3H3. The average Bonchev–Trinajstić information content (AvgIpc) is 2.35. The molecule has 1 fully saturated rings.